The number of rotatable bonds is 5. The lowest BCUT2D eigenvalue weighted by Crippen LogP contribution is -2.47. The third-order valence-corrected chi connectivity index (χ3v) is 2.15. The molecule has 0 aliphatic carbocycles. The van der Waals surface area contributed by atoms with Crippen LogP contribution in [0, 0.1) is 0 Å². The molecule has 0 fully saturated rings. The van der Waals surface area contributed by atoms with E-state index in [1.54, 1.807) is 0 Å². The summed E-state index contributed by atoms with van der Waals surface area (Å²) >= 11 is 0. The largest absolute Gasteiger partial charge is 0.368 e. The van der Waals surface area contributed by atoms with Crippen molar-refractivity contribution in [1.29, 1.82) is 0 Å². The third-order valence-electron chi connectivity index (χ3n) is 2.15. The average Bonchev–Trinajstić information content (AvgIpc) is 2.29. The summed E-state index contributed by atoms with van der Waals surface area (Å²) in [5, 5.41) is 2.48. The van der Waals surface area contributed by atoms with Crippen molar-refractivity contribution in [2.75, 3.05) is 6.54 Å². The molecule has 0 spiro atoms. The highest BCUT2D eigenvalue weighted by Gasteiger charge is 2.17. The van der Waals surface area contributed by atoms with Gasteiger partial charge in [-0.2, -0.15) is 0 Å². The minimum Gasteiger partial charge on any atom is -0.368 e. The number of benzene rings is 1. The van der Waals surface area contributed by atoms with Crippen molar-refractivity contribution in [3.63, 3.8) is 0 Å². The Morgan fingerprint density at radius 1 is 1.24 bits per heavy atom. The molecule has 0 radical (unpaired) electrons. The number of halogens is 1. The van der Waals surface area contributed by atoms with E-state index in [2.05, 4.69) is 5.32 Å². The van der Waals surface area contributed by atoms with Gasteiger partial charge in [0, 0.05) is 6.42 Å². The Labute approximate surface area is 106 Å². The van der Waals surface area contributed by atoms with E-state index < -0.39 is 11.9 Å². The van der Waals surface area contributed by atoms with Gasteiger partial charge in [-0.05, 0) is 5.56 Å². The summed E-state index contributed by atoms with van der Waals surface area (Å²) in [5.41, 5.74) is 11.3. The van der Waals surface area contributed by atoms with Crippen LogP contribution >= 0.6 is 12.4 Å². The van der Waals surface area contributed by atoms with E-state index in [-0.39, 0.29) is 24.9 Å². The minimum absolute atomic E-state index is 0. The van der Waals surface area contributed by atoms with Crippen LogP contribution in [0.25, 0.3) is 0 Å². The van der Waals surface area contributed by atoms with Gasteiger partial charge >= 0.3 is 0 Å². The molecule has 1 rings (SSSR count). The maximum absolute atomic E-state index is 11.1. The van der Waals surface area contributed by atoms with Gasteiger partial charge in [-0.25, -0.2) is 0 Å². The molecule has 5 nitrogen and oxygen atoms in total. The summed E-state index contributed by atoms with van der Waals surface area (Å²) in [6, 6.07) is 8.62. The van der Waals surface area contributed by atoms with E-state index in [0.29, 0.717) is 6.42 Å². The normalized spacial score (nSPS) is 11.1. The minimum atomic E-state index is -0.710. The molecule has 0 aromatic heterocycles. The van der Waals surface area contributed by atoms with Gasteiger partial charge < -0.3 is 16.8 Å². The van der Waals surface area contributed by atoms with Gasteiger partial charge in [-0.3, -0.25) is 9.59 Å². The highest BCUT2D eigenvalue weighted by molar-refractivity contribution is 5.87. The van der Waals surface area contributed by atoms with Crippen molar-refractivity contribution >= 4 is 24.2 Å². The van der Waals surface area contributed by atoms with Crippen molar-refractivity contribution in [2.45, 2.75) is 12.5 Å². The molecule has 1 atom stereocenters. The van der Waals surface area contributed by atoms with Gasteiger partial charge in [0.2, 0.25) is 11.8 Å². The summed E-state index contributed by atoms with van der Waals surface area (Å²) in [5.74, 6) is -0.953. The first-order valence-corrected chi connectivity index (χ1v) is 4.96. The molecule has 1 aromatic rings. The van der Waals surface area contributed by atoms with Crippen LogP contribution in [-0.4, -0.2) is 24.4 Å². The second-order valence-electron chi connectivity index (χ2n) is 3.42. The van der Waals surface area contributed by atoms with E-state index >= 15 is 0 Å². The van der Waals surface area contributed by atoms with Crippen LogP contribution in [0.1, 0.15) is 5.56 Å². The van der Waals surface area contributed by atoms with Crippen molar-refractivity contribution in [3.05, 3.63) is 35.9 Å². The molecule has 0 bridgehead atoms. The first kappa shape index (κ1) is 15.4. The predicted octanol–water partition coefficient (Wildman–Crippen LogP) is -0.420. The zero-order valence-electron chi connectivity index (χ0n) is 9.26. The molecule has 6 heteroatoms. The first-order chi connectivity index (χ1) is 7.63. The van der Waals surface area contributed by atoms with Crippen molar-refractivity contribution in [1.82, 2.24) is 5.32 Å². The highest BCUT2D eigenvalue weighted by Crippen LogP contribution is 2.02. The molecule has 0 heterocycles. The topological polar surface area (TPSA) is 98.2 Å². The van der Waals surface area contributed by atoms with Crippen molar-refractivity contribution < 1.29 is 9.59 Å². The van der Waals surface area contributed by atoms with E-state index in [1.807, 2.05) is 30.3 Å². The molecule has 1 aromatic carbocycles. The molecule has 0 aliphatic heterocycles. The molecule has 94 valence electrons. The SMILES string of the molecule is Cl.NCC(=O)NC(Cc1ccccc1)C(N)=O. The molecule has 2 amide bonds. The van der Waals surface area contributed by atoms with Crippen LogP contribution in [0.3, 0.4) is 0 Å². The summed E-state index contributed by atoms with van der Waals surface area (Å²) in [4.78, 5) is 22.2. The molecule has 0 saturated heterocycles. The number of carbonyl (C=O) groups excluding carboxylic acids is 2. The average molecular weight is 258 g/mol. The van der Waals surface area contributed by atoms with E-state index in [0.717, 1.165) is 5.56 Å². The lowest BCUT2D eigenvalue weighted by molar-refractivity contribution is -0.126. The molecule has 0 saturated carbocycles. The summed E-state index contributed by atoms with van der Waals surface area (Å²) < 4.78 is 0. The number of carbonyl (C=O) groups is 2. The second kappa shape index (κ2) is 7.65. The van der Waals surface area contributed by atoms with Crippen LogP contribution in [0.2, 0.25) is 0 Å². The zero-order valence-corrected chi connectivity index (χ0v) is 10.1. The standard InChI is InChI=1S/C11H15N3O2.ClH/c12-7-10(15)14-9(11(13)16)6-8-4-2-1-3-5-8;/h1-5,9H,6-7,12H2,(H2,13,16)(H,14,15);1H. The maximum atomic E-state index is 11.1. The van der Waals surface area contributed by atoms with Crippen LogP contribution in [0.4, 0.5) is 0 Å². The molecule has 5 N–H and O–H groups in total. The second-order valence-corrected chi connectivity index (χ2v) is 3.42. The maximum Gasteiger partial charge on any atom is 0.240 e. The Hall–Kier alpha value is -1.59. The summed E-state index contributed by atoms with van der Waals surface area (Å²) in [6.45, 7) is -0.154. The molecular weight excluding hydrogens is 242 g/mol. The Balaban J connectivity index is 0.00000256. The van der Waals surface area contributed by atoms with Crippen molar-refractivity contribution in [3.8, 4) is 0 Å². The summed E-state index contributed by atoms with van der Waals surface area (Å²) in [7, 11) is 0. The van der Waals surface area contributed by atoms with Crippen LogP contribution in [0.5, 0.6) is 0 Å². The highest BCUT2D eigenvalue weighted by atomic mass is 35.5. The zero-order chi connectivity index (χ0) is 12.0. The van der Waals surface area contributed by atoms with E-state index in [9.17, 15) is 9.59 Å². The fourth-order valence-electron chi connectivity index (χ4n) is 1.33. The molecular formula is C11H16ClN3O2. The first-order valence-electron chi connectivity index (χ1n) is 4.96. The predicted molar refractivity (Wildman–Crippen MR) is 67.6 cm³/mol. The van der Waals surface area contributed by atoms with Gasteiger partial charge in [-0.1, -0.05) is 30.3 Å². The smallest absolute Gasteiger partial charge is 0.240 e. The van der Waals surface area contributed by atoms with Crippen LogP contribution < -0.4 is 16.8 Å². The molecule has 17 heavy (non-hydrogen) atoms. The summed E-state index contributed by atoms with van der Waals surface area (Å²) in [6.07, 6.45) is 0.377. The lowest BCUT2D eigenvalue weighted by atomic mass is 10.1. The van der Waals surface area contributed by atoms with Gasteiger partial charge in [0.1, 0.15) is 6.04 Å². The van der Waals surface area contributed by atoms with Crippen molar-refractivity contribution in [2.24, 2.45) is 11.5 Å². The van der Waals surface area contributed by atoms with Gasteiger partial charge in [0.05, 0.1) is 6.54 Å². The van der Waals surface area contributed by atoms with E-state index in [4.69, 9.17) is 11.5 Å². The number of hydrogen-bond donors (Lipinski definition) is 3. The van der Waals surface area contributed by atoms with Crippen LogP contribution in [-0.2, 0) is 16.0 Å². The fraction of sp³-hybridized carbons (Fsp3) is 0.273. The Bertz CT molecular complexity index is 370. The number of hydrogen-bond acceptors (Lipinski definition) is 3. The molecule has 0 aliphatic rings. The number of nitrogens with one attached hydrogen (secondary N) is 1. The van der Waals surface area contributed by atoms with Gasteiger partial charge in [0.15, 0.2) is 0 Å². The number of amides is 2. The Morgan fingerprint density at radius 3 is 2.29 bits per heavy atom. The van der Waals surface area contributed by atoms with Gasteiger partial charge in [0.25, 0.3) is 0 Å². The number of nitrogens with two attached hydrogens (primary N) is 2. The van der Waals surface area contributed by atoms with Gasteiger partial charge in [-0.15, -0.1) is 12.4 Å². The van der Waals surface area contributed by atoms with Crippen LogP contribution in [0.15, 0.2) is 30.3 Å². The quantitative estimate of drug-likeness (QED) is 0.668. The Kier molecular flexibility index (Phi) is 6.93. The monoisotopic (exact) mass is 257 g/mol. The number of primary amides is 1. The Morgan fingerprint density at radius 2 is 1.82 bits per heavy atom. The fourth-order valence-corrected chi connectivity index (χ4v) is 1.33. The third kappa shape index (κ3) is 5.33. The molecule has 1 unspecified atom stereocenters. The van der Waals surface area contributed by atoms with E-state index in [1.165, 1.54) is 0 Å². The lowest BCUT2D eigenvalue weighted by Gasteiger charge is -2.14.